The van der Waals surface area contributed by atoms with E-state index in [0.717, 1.165) is 22.2 Å². The molecule has 0 aliphatic rings. The van der Waals surface area contributed by atoms with Crippen LogP contribution >= 0.6 is 39.1 Å². The van der Waals surface area contributed by atoms with Crippen LogP contribution in [0.5, 0.6) is 5.75 Å². The van der Waals surface area contributed by atoms with Crippen LogP contribution in [0.25, 0.3) is 0 Å². The van der Waals surface area contributed by atoms with E-state index >= 15 is 0 Å². The van der Waals surface area contributed by atoms with Crippen molar-refractivity contribution in [2.75, 3.05) is 0 Å². The van der Waals surface area contributed by atoms with Gasteiger partial charge in [-0.2, -0.15) is 0 Å². The van der Waals surface area contributed by atoms with Crippen molar-refractivity contribution in [2.24, 2.45) is 0 Å². The van der Waals surface area contributed by atoms with Crippen molar-refractivity contribution in [3.63, 3.8) is 0 Å². The third kappa shape index (κ3) is 3.88. The number of hydrogen-bond donors (Lipinski definition) is 0. The van der Waals surface area contributed by atoms with Gasteiger partial charge in [-0.1, -0.05) is 62.9 Å². The van der Waals surface area contributed by atoms with Crippen molar-refractivity contribution >= 4 is 39.1 Å². The zero-order chi connectivity index (χ0) is 13.8. The first-order valence-corrected chi connectivity index (χ1v) is 7.70. The standard InChI is InChI=1S/C15H13BrCl2O/c1-10-2-5-15(12(6-10)8-16)19-9-11-3-4-13(17)7-14(11)18/h2-7H,8-9H2,1H3. The molecule has 0 saturated heterocycles. The SMILES string of the molecule is Cc1ccc(OCc2ccc(Cl)cc2Cl)c(CBr)c1. The van der Waals surface area contributed by atoms with E-state index in [9.17, 15) is 0 Å². The van der Waals surface area contributed by atoms with Crippen molar-refractivity contribution < 1.29 is 4.74 Å². The molecular formula is C15H13BrCl2O. The normalized spacial score (nSPS) is 10.5. The smallest absolute Gasteiger partial charge is 0.123 e. The van der Waals surface area contributed by atoms with Crippen LogP contribution in [0.15, 0.2) is 36.4 Å². The van der Waals surface area contributed by atoms with Crippen LogP contribution in [-0.2, 0) is 11.9 Å². The molecule has 0 bridgehead atoms. The van der Waals surface area contributed by atoms with Gasteiger partial charge in [0.2, 0.25) is 0 Å². The number of halogens is 3. The summed E-state index contributed by atoms with van der Waals surface area (Å²) in [6.07, 6.45) is 0. The molecular weight excluding hydrogens is 347 g/mol. The quantitative estimate of drug-likeness (QED) is 0.629. The van der Waals surface area contributed by atoms with Crippen molar-refractivity contribution in [2.45, 2.75) is 18.9 Å². The predicted octanol–water partition coefficient (Wildman–Crippen LogP) is 5.78. The maximum Gasteiger partial charge on any atom is 0.123 e. The van der Waals surface area contributed by atoms with Gasteiger partial charge in [-0.15, -0.1) is 0 Å². The van der Waals surface area contributed by atoms with Crippen LogP contribution in [0.1, 0.15) is 16.7 Å². The molecule has 2 aromatic carbocycles. The summed E-state index contributed by atoms with van der Waals surface area (Å²) in [5.41, 5.74) is 3.27. The Bertz CT molecular complexity index is 584. The number of benzene rings is 2. The second kappa shape index (κ2) is 6.65. The second-order valence-corrected chi connectivity index (χ2v) is 5.67. The summed E-state index contributed by atoms with van der Waals surface area (Å²) in [6, 6.07) is 11.5. The lowest BCUT2D eigenvalue weighted by molar-refractivity contribution is 0.304. The lowest BCUT2D eigenvalue weighted by Gasteiger charge is -2.12. The summed E-state index contributed by atoms with van der Waals surface area (Å²) in [5.74, 6) is 0.869. The number of ether oxygens (including phenoxy) is 1. The highest BCUT2D eigenvalue weighted by Gasteiger charge is 2.06. The molecule has 0 amide bonds. The van der Waals surface area contributed by atoms with Crippen LogP contribution in [0.2, 0.25) is 10.0 Å². The Morgan fingerprint density at radius 3 is 2.53 bits per heavy atom. The van der Waals surface area contributed by atoms with Crippen LogP contribution in [-0.4, -0.2) is 0 Å². The van der Waals surface area contributed by atoms with Gasteiger partial charge in [0.05, 0.1) is 0 Å². The molecule has 2 aromatic rings. The average Bonchev–Trinajstić information content (AvgIpc) is 2.39. The van der Waals surface area contributed by atoms with E-state index in [1.807, 2.05) is 24.3 Å². The van der Waals surface area contributed by atoms with Crippen molar-refractivity contribution in [1.82, 2.24) is 0 Å². The molecule has 0 aromatic heterocycles. The fourth-order valence-electron chi connectivity index (χ4n) is 1.75. The predicted molar refractivity (Wildman–Crippen MR) is 84.6 cm³/mol. The van der Waals surface area contributed by atoms with Gasteiger partial charge in [-0.3, -0.25) is 0 Å². The summed E-state index contributed by atoms with van der Waals surface area (Å²) in [4.78, 5) is 0. The van der Waals surface area contributed by atoms with Gasteiger partial charge < -0.3 is 4.74 Å². The number of hydrogen-bond acceptors (Lipinski definition) is 1. The van der Waals surface area contributed by atoms with Crippen molar-refractivity contribution in [1.29, 1.82) is 0 Å². The number of rotatable bonds is 4. The van der Waals surface area contributed by atoms with E-state index in [1.165, 1.54) is 5.56 Å². The fourth-order valence-corrected chi connectivity index (χ4v) is 2.65. The molecule has 100 valence electrons. The molecule has 0 aliphatic heterocycles. The van der Waals surface area contributed by atoms with Gasteiger partial charge in [-0.25, -0.2) is 0 Å². The zero-order valence-corrected chi connectivity index (χ0v) is 13.5. The van der Waals surface area contributed by atoms with E-state index in [-0.39, 0.29) is 0 Å². The number of aryl methyl sites for hydroxylation is 1. The first-order valence-electron chi connectivity index (χ1n) is 5.82. The van der Waals surface area contributed by atoms with E-state index < -0.39 is 0 Å². The highest BCUT2D eigenvalue weighted by atomic mass is 79.9. The van der Waals surface area contributed by atoms with Gasteiger partial charge in [0.25, 0.3) is 0 Å². The molecule has 0 heterocycles. The Hall–Kier alpha value is -0.700. The lowest BCUT2D eigenvalue weighted by atomic mass is 10.1. The van der Waals surface area contributed by atoms with Crippen molar-refractivity contribution in [3.05, 3.63) is 63.1 Å². The topological polar surface area (TPSA) is 9.23 Å². The van der Waals surface area contributed by atoms with Gasteiger partial charge in [0.15, 0.2) is 0 Å². The summed E-state index contributed by atoms with van der Waals surface area (Å²) >= 11 is 15.5. The minimum absolute atomic E-state index is 0.430. The molecule has 0 aliphatic carbocycles. The summed E-state index contributed by atoms with van der Waals surface area (Å²) in [7, 11) is 0. The van der Waals surface area contributed by atoms with Gasteiger partial charge in [0, 0.05) is 26.5 Å². The Morgan fingerprint density at radius 2 is 1.84 bits per heavy atom. The van der Waals surface area contributed by atoms with Crippen LogP contribution in [0, 0.1) is 6.92 Å². The molecule has 0 unspecified atom stereocenters. The van der Waals surface area contributed by atoms with Crippen molar-refractivity contribution in [3.8, 4) is 5.75 Å². The van der Waals surface area contributed by atoms with Crippen LogP contribution in [0.3, 0.4) is 0 Å². The highest BCUT2D eigenvalue weighted by Crippen LogP contribution is 2.26. The Labute approximate surface area is 131 Å². The Balaban J connectivity index is 2.14. The number of alkyl halides is 1. The molecule has 2 rings (SSSR count). The Morgan fingerprint density at radius 1 is 1.05 bits per heavy atom. The monoisotopic (exact) mass is 358 g/mol. The Kier molecular flexibility index (Phi) is 5.14. The summed E-state index contributed by atoms with van der Waals surface area (Å²) < 4.78 is 5.83. The lowest BCUT2D eigenvalue weighted by Crippen LogP contribution is -1.99. The average molecular weight is 360 g/mol. The van der Waals surface area contributed by atoms with E-state index in [2.05, 4.69) is 28.9 Å². The third-order valence-corrected chi connectivity index (χ3v) is 3.95. The largest absolute Gasteiger partial charge is 0.489 e. The van der Waals surface area contributed by atoms with E-state index in [0.29, 0.717) is 16.7 Å². The summed E-state index contributed by atoms with van der Waals surface area (Å²) in [6.45, 7) is 2.49. The third-order valence-electron chi connectivity index (χ3n) is 2.76. The second-order valence-electron chi connectivity index (χ2n) is 4.27. The highest BCUT2D eigenvalue weighted by molar-refractivity contribution is 9.08. The molecule has 0 saturated carbocycles. The van der Waals surface area contributed by atoms with Gasteiger partial charge >= 0.3 is 0 Å². The molecule has 1 nitrogen and oxygen atoms in total. The first kappa shape index (κ1) is 14.7. The minimum atomic E-state index is 0.430. The zero-order valence-electron chi connectivity index (χ0n) is 10.4. The summed E-state index contributed by atoms with van der Waals surface area (Å²) in [5, 5.41) is 2.02. The molecule has 4 heteroatoms. The van der Waals surface area contributed by atoms with Gasteiger partial charge in [-0.05, 0) is 25.1 Å². The van der Waals surface area contributed by atoms with E-state index in [1.54, 1.807) is 6.07 Å². The maximum atomic E-state index is 6.12. The molecule has 19 heavy (non-hydrogen) atoms. The first-order chi connectivity index (χ1) is 9.10. The molecule has 0 N–H and O–H groups in total. The maximum absolute atomic E-state index is 6.12. The molecule has 0 radical (unpaired) electrons. The van der Waals surface area contributed by atoms with Crippen LogP contribution in [0.4, 0.5) is 0 Å². The van der Waals surface area contributed by atoms with Gasteiger partial charge in [0.1, 0.15) is 12.4 Å². The fraction of sp³-hybridized carbons (Fsp3) is 0.200. The van der Waals surface area contributed by atoms with E-state index in [4.69, 9.17) is 27.9 Å². The molecule has 0 spiro atoms. The van der Waals surface area contributed by atoms with Crippen LogP contribution < -0.4 is 4.74 Å². The molecule has 0 atom stereocenters. The minimum Gasteiger partial charge on any atom is -0.489 e. The molecule has 0 fully saturated rings.